The first kappa shape index (κ1) is 21.1. The minimum atomic E-state index is 0.00615. The van der Waals surface area contributed by atoms with Crippen LogP contribution in [0.3, 0.4) is 0 Å². The highest BCUT2D eigenvalue weighted by Gasteiger charge is 2.28. The Balaban J connectivity index is 1.35. The average molecular weight is 418 g/mol. The first-order valence-electron chi connectivity index (χ1n) is 10.9. The molecule has 6 nitrogen and oxygen atoms in total. The zero-order valence-electron chi connectivity index (χ0n) is 18.6. The van der Waals surface area contributed by atoms with E-state index in [0.29, 0.717) is 13.1 Å². The van der Waals surface area contributed by atoms with Crippen LogP contribution in [-0.4, -0.2) is 60.6 Å². The zero-order valence-corrected chi connectivity index (χ0v) is 18.6. The lowest BCUT2D eigenvalue weighted by molar-refractivity contribution is 0.171. The second kappa shape index (κ2) is 9.35. The van der Waals surface area contributed by atoms with Gasteiger partial charge in [-0.1, -0.05) is 36.4 Å². The third-order valence-corrected chi connectivity index (χ3v) is 5.85. The molecule has 2 aromatic carbocycles. The average Bonchev–Trinajstić information content (AvgIpc) is 2.77. The number of nitrogens with zero attached hydrogens (tertiary/aromatic N) is 4. The van der Waals surface area contributed by atoms with E-state index in [4.69, 9.17) is 0 Å². The molecule has 31 heavy (non-hydrogen) atoms. The van der Waals surface area contributed by atoms with Crippen molar-refractivity contribution in [2.24, 2.45) is 0 Å². The highest BCUT2D eigenvalue weighted by Crippen LogP contribution is 2.28. The van der Waals surface area contributed by atoms with Gasteiger partial charge in [-0.15, -0.1) is 0 Å². The van der Waals surface area contributed by atoms with Crippen molar-refractivity contribution in [3.05, 3.63) is 72.1 Å². The number of urea groups is 1. The predicted octanol–water partition coefficient (Wildman–Crippen LogP) is 3.72. The van der Waals surface area contributed by atoms with Crippen LogP contribution in [0.15, 0.2) is 60.9 Å². The number of rotatable bonds is 5. The summed E-state index contributed by atoms with van der Waals surface area (Å²) >= 11 is 0. The van der Waals surface area contributed by atoms with Gasteiger partial charge in [0.15, 0.2) is 0 Å². The van der Waals surface area contributed by atoms with Gasteiger partial charge < -0.3 is 20.0 Å². The molecule has 2 amide bonds. The number of benzene rings is 2. The molecule has 0 aliphatic carbocycles. The topological polar surface area (TPSA) is 51.7 Å². The van der Waals surface area contributed by atoms with E-state index in [1.54, 1.807) is 0 Å². The Morgan fingerprint density at radius 2 is 1.87 bits per heavy atom. The maximum absolute atomic E-state index is 12.8. The molecule has 1 aliphatic rings. The number of carbonyl (C=O) groups is 1. The standard InChI is InChI=1S/C25H31N5O/c1-19-17-29(24-6-4-5-22-16-26-12-11-23(22)24)13-14-30(19)25(31)27-15-20-7-9-21(10-8-20)18-28(2)3/h4-12,16,19H,13-15,17-18H2,1-3H3,(H,27,31). The molecule has 0 spiro atoms. The van der Waals surface area contributed by atoms with Crippen LogP contribution in [0.2, 0.25) is 0 Å². The fourth-order valence-electron chi connectivity index (χ4n) is 4.27. The summed E-state index contributed by atoms with van der Waals surface area (Å²) in [6, 6.07) is 17.0. The number of carbonyl (C=O) groups excluding carboxylic acids is 1. The van der Waals surface area contributed by atoms with Gasteiger partial charge in [0, 0.05) is 67.6 Å². The van der Waals surface area contributed by atoms with Crippen LogP contribution in [0.5, 0.6) is 0 Å². The molecule has 0 bridgehead atoms. The summed E-state index contributed by atoms with van der Waals surface area (Å²) in [4.78, 5) is 23.5. The maximum atomic E-state index is 12.8. The second-order valence-corrected chi connectivity index (χ2v) is 8.58. The fourth-order valence-corrected chi connectivity index (χ4v) is 4.27. The van der Waals surface area contributed by atoms with E-state index in [2.05, 4.69) is 89.7 Å². The predicted molar refractivity (Wildman–Crippen MR) is 126 cm³/mol. The molecule has 0 saturated carbocycles. The van der Waals surface area contributed by atoms with Crippen LogP contribution in [-0.2, 0) is 13.1 Å². The van der Waals surface area contributed by atoms with Crippen molar-refractivity contribution >= 4 is 22.5 Å². The molecule has 1 unspecified atom stereocenters. The summed E-state index contributed by atoms with van der Waals surface area (Å²) in [5, 5.41) is 5.44. The van der Waals surface area contributed by atoms with Gasteiger partial charge in [-0.05, 0) is 44.3 Å². The van der Waals surface area contributed by atoms with Crippen LogP contribution < -0.4 is 10.2 Å². The van der Waals surface area contributed by atoms with Crippen LogP contribution in [0.4, 0.5) is 10.5 Å². The smallest absolute Gasteiger partial charge is 0.318 e. The quantitative estimate of drug-likeness (QED) is 0.688. The van der Waals surface area contributed by atoms with Crippen molar-refractivity contribution in [2.45, 2.75) is 26.1 Å². The first-order valence-corrected chi connectivity index (χ1v) is 10.9. The molecule has 1 aliphatic heterocycles. The molecule has 3 aromatic rings. The van der Waals surface area contributed by atoms with Crippen molar-refractivity contribution in [2.75, 3.05) is 38.6 Å². The lowest BCUT2D eigenvalue weighted by Crippen LogP contribution is -2.56. The number of anilines is 1. The minimum absolute atomic E-state index is 0.00615. The summed E-state index contributed by atoms with van der Waals surface area (Å²) in [5.41, 5.74) is 3.60. The van der Waals surface area contributed by atoms with Gasteiger partial charge in [0.1, 0.15) is 0 Å². The van der Waals surface area contributed by atoms with E-state index in [1.165, 1.54) is 16.6 Å². The van der Waals surface area contributed by atoms with E-state index in [-0.39, 0.29) is 12.1 Å². The SMILES string of the molecule is CC1CN(c2cccc3cnccc23)CCN1C(=O)NCc1ccc(CN(C)C)cc1. The van der Waals surface area contributed by atoms with Crippen LogP contribution in [0, 0.1) is 0 Å². The Morgan fingerprint density at radius 3 is 2.61 bits per heavy atom. The maximum Gasteiger partial charge on any atom is 0.318 e. The van der Waals surface area contributed by atoms with Crippen molar-refractivity contribution in [3.63, 3.8) is 0 Å². The van der Waals surface area contributed by atoms with Gasteiger partial charge in [0.25, 0.3) is 0 Å². The van der Waals surface area contributed by atoms with E-state index >= 15 is 0 Å². The number of hydrogen-bond acceptors (Lipinski definition) is 4. The van der Waals surface area contributed by atoms with Crippen molar-refractivity contribution in [1.82, 2.24) is 20.1 Å². The van der Waals surface area contributed by atoms with E-state index in [0.717, 1.165) is 30.6 Å². The molecule has 162 valence electrons. The Bertz CT molecular complexity index is 1030. The molecule has 4 rings (SSSR count). The Labute approximate surface area is 184 Å². The molecule has 1 saturated heterocycles. The highest BCUT2D eigenvalue weighted by molar-refractivity contribution is 5.93. The van der Waals surface area contributed by atoms with Crippen LogP contribution in [0.1, 0.15) is 18.1 Å². The number of piperazine rings is 1. The molecule has 1 aromatic heterocycles. The summed E-state index contributed by atoms with van der Waals surface area (Å²) in [7, 11) is 4.12. The molecular formula is C25H31N5O. The van der Waals surface area contributed by atoms with Gasteiger partial charge in [-0.3, -0.25) is 4.98 Å². The summed E-state index contributed by atoms with van der Waals surface area (Å²) in [6.45, 7) is 5.92. The Hall–Kier alpha value is -3.12. The molecule has 2 heterocycles. The van der Waals surface area contributed by atoms with E-state index in [1.807, 2.05) is 17.3 Å². The monoisotopic (exact) mass is 417 g/mol. The number of hydrogen-bond donors (Lipinski definition) is 1. The van der Waals surface area contributed by atoms with Gasteiger partial charge >= 0.3 is 6.03 Å². The summed E-state index contributed by atoms with van der Waals surface area (Å²) in [5.74, 6) is 0. The largest absolute Gasteiger partial charge is 0.367 e. The number of fused-ring (bicyclic) bond motifs is 1. The molecule has 1 atom stereocenters. The lowest BCUT2D eigenvalue weighted by atomic mass is 10.1. The number of pyridine rings is 1. The Morgan fingerprint density at radius 1 is 1.10 bits per heavy atom. The van der Waals surface area contributed by atoms with Crippen molar-refractivity contribution < 1.29 is 4.79 Å². The molecule has 6 heteroatoms. The fraction of sp³-hybridized carbons (Fsp3) is 0.360. The second-order valence-electron chi connectivity index (χ2n) is 8.58. The zero-order chi connectivity index (χ0) is 21.8. The first-order chi connectivity index (χ1) is 15.0. The normalized spacial score (nSPS) is 16.7. The lowest BCUT2D eigenvalue weighted by Gasteiger charge is -2.41. The molecule has 1 fully saturated rings. The van der Waals surface area contributed by atoms with Gasteiger partial charge in [0.2, 0.25) is 0 Å². The number of aromatic nitrogens is 1. The molecular weight excluding hydrogens is 386 g/mol. The number of amides is 2. The van der Waals surface area contributed by atoms with Crippen molar-refractivity contribution in [1.29, 1.82) is 0 Å². The summed E-state index contributed by atoms with van der Waals surface area (Å²) < 4.78 is 0. The van der Waals surface area contributed by atoms with Gasteiger partial charge in [0.05, 0.1) is 0 Å². The summed E-state index contributed by atoms with van der Waals surface area (Å²) in [6.07, 6.45) is 3.74. The number of nitrogens with one attached hydrogen (secondary N) is 1. The van der Waals surface area contributed by atoms with Gasteiger partial charge in [-0.2, -0.15) is 0 Å². The van der Waals surface area contributed by atoms with E-state index < -0.39 is 0 Å². The third kappa shape index (κ3) is 4.97. The molecule has 1 N–H and O–H groups in total. The van der Waals surface area contributed by atoms with Gasteiger partial charge in [-0.25, -0.2) is 4.79 Å². The third-order valence-electron chi connectivity index (χ3n) is 5.85. The van der Waals surface area contributed by atoms with Crippen LogP contribution >= 0.6 is 0 Å². The molecule has 0 radical (unpaired) electrons. The minimum Gasteiger partial charge on any atom is -0.367 e. The van der Waals surface area contributed by atoms with E-state index in [9.17, 15) is 4.79 Å². The Kier molecular flexibility index (Phi) is 6.37. The highest BCUT2D eigenvalue weighted by atomic mass is 16.2. The van der Waals surface area contributed by atoms with Crippen LogP contribution in [0.25, 0.3) is 10.8 Å². The van der Waals surface area contributed by atoms with Crippen molar-refractivity contribution in [3.8, 4) is 0 Å².